The highest BCUT2D eigenvalue weighted by Crippen LogP contribution is 2.34. The minimum atomic E-state index is -0.878. The van der Waals surface area contributed by atoms with Gasteiger partial charge in [-0.15, -0.1) is 0 Å². The number of carbonyl (C=O) groups excluding carboxylic acids is 2. The van der Waals surface area contributed by atoms with E-state index in [9.17, 15) is 19.8 Å². The average molecular weight is 509 g/mol. The summed E-state index contributed by atoms with van der Waals surface area (Å²) < 4.78 is 1.99. The quantitative estimate of drug-likeness (QED) is 0.131. The van der Waals surface area contributed by atoms with Crippen LogP contribution in [0.3, 0.4) is 0 Å². The summed E-state index contributed by atoms with van der Waals surface area (Å²) in [6.07, 6.45) is 5.07. The molecule has 10 heteroatoms. The normalized spacial score (nSPS) is 11.1. The van der Waals surface area contributed by atoms with Gasteiger partial charge in [0, 0.05) is 42.7 Å². The van der Waals surface area contributed by atoms with Crippen LogP contribution in [0.25, 0.3) is 10.9 Å². The molecule has 0 aliphatic rings. The van der Waals surface area contributed by atoms with Crippen LogP contribution in [0.15, 0.2) is 42.6 Å². The van der Waals surface area contributed by atoms with Gasteiger partial charge in [-0.05, 0) is 61.2 Å². The topological polar surface area (TPSA) is 171 Å². The number of benzene rings is 2. The van der Waals surface area contributed by atoms with Crippen molar-refractivity contribution < 1.29 is 19.8 Å². The van der Waals surface area contributed by atoms with Crippen LogP contribution in [-0.4, -0.2) is 45.6 Å². The fourth-order valence-corrected chi connectivity index (χ4v) is 4.27. The van der Waals surface area contributed by atoms with E-state index < -0.39 is 6.03 Å². The Morgan fingerprint density at radius 3 is 2.51 bits per heavy atom. The lowest BCUT2D eigenvalue weighted by Gasteiger charge is -2.23. The molecule has 10 nitrogen and oxygen atoms in total. The van der Waals surface area contributed by atoms with E-state index in [0.29, 0.717) is 37.3 Å². The Balaban J connectivity index is 1.76. The molecule has 0 bridgehead atoms. The summed E-state index contributed by atoms with van der Waals surface area (Å²) in [5.41, 5.74) is 13.0. The molecule has 8 N–H and O–H groups in total. The maximum atomic E-state index is 12.4. The zero-order valence-corrected chi connectivity index (χ0v) is 21.3. The predicted octanol–water partition coefficient (Wildman–Crippen LogP) is 3.72. The highest BCUT2D eigenvalue weighted by molar-refractivity contribution is 6.22. The predicted molar refractivity (Wildman–Crippen MR) is 145 cm³/mol. The largest absolute Gasteiger partial charge is 0.508 e. The van der Waals surface area contributed by atoms with Gasteiger partial charge in [-0.25, -0.2) is 9.69 Å². The van der Waals surface area contributed by atoms with Gasteiger partial charge in [0.25, 0.3) is 0 Å². The molecule has 1 aromatic heterocycles. The number of primary amides is 1. The van der Waals surface area contributed by atoms with Crippen LogP contribution in [0.1, 0.15) is 56.6 Å². The zero-order valence-electron chi connectivity index (χ0n) is 21.3. The fraction of sp³-hybridized carbons (Fsp3) is 0.370. The first-order valence-corrected chi connectivity index (χ1v) is 12.4. The summed E-state index contributed by atoms with van der Waals surface area (Å²) in [5, 5.41) is 32.9. The summed E-state index contributed by atoms with van der Waals surface area (Å²) in [7, 11) is 0. The number of hydrogen-bond acceptors (Lipinski definition) is 6. The number of nitrogens with one attached hydrogen (secondary N) is 2. The molecule has 198 valence electrons. The van der Waals surface area contributed by atoms with Gasteiger partial charge in [0.05, 0.1) is 11.3 Å². The van der Waals surface area contributed by atoms with E-state index in [1.165, 1.54) is 12.1 Å². The number of nitrogens with two attached hydrogens (primary N) is 2. The van der Waals surface area contributed by atoms with Crippen molar-refractivity contribution in [3.05, 3.63) is 53.7 Å². The molecule has 0 saturated heterocycles. The van der Waals surface area contributed by atoms with Crippen LogP contribution in [0, 0.1) is 5.41 Å². The Labute approximate surface area is 216 Å². The fourth-order valence-electron chi connectivity index (χ4n) is 4.27. The van der Waals surface area contributed by atoms with E-state index in [1.807, 2.05) is 36.7 Å². The second-order valence-electron chi connectivity index (χ2n) is 9.31. The average Bonchev–Trinajstić information content (AvgIpc) is 3.23. The van der Waals surface area contributed by atoms with Crippen molar-refractivity contribution in [2.24, 2.45) is 11.5 Å². The molecule has 0 fully saturated rings. The van der Waals surface area contributed by atoms with E-state index in [2.05, 4.69) is 5.32 Å². The summed E-state index contributed by atoms with van der Waals surface area (Å²) in [4.78, 5) is 25.4. The molecule has 2 aromatic carbocycles. The third-order valence-electron chi connectivity index (χ3n) is 6.26. The van der Waals surface area contributed by atoms with Crippen LogP contribution in [0.2, 0.25) is 0 Å². The maximum Gasteiger partial charge on any atom is 0.325 e. The standard InChI is InChI=1S/C27H36N6O4/c1-17(2)20-15-21(24(35)16-23(20)34)26(29)33(27(30)37)19-7-8-22-18(14-19)9-12-32(22)13-11-31-25(36)6-4-3-5-10-28/h7-9,12,14-17,29,34-35H,3-6,10-11,13,28H2,1-2H3,(H2,30,37)(H,31,36). The summed E-state index contributed by atoms with van der Waals surface area (Å²) >= 11 is 0. The number of unbranched alkanes of at least 4 members (excludes halogenated alkanes) is 2. The Kier molecular flexibility index (Phi) is 9.13. The molecule has 3 rings (SSSR count). The van der Waals surface area contributed by atoms with Gasteiger partial charge in [0.15, 0.2) is 0 Å². The molecule has 0 aliphatic carbocycles. The second-order valence-corrected chi connectivity index (χ2v) is 9.31. The minimum absolute atomic E-state index is 0.0180. The Bertz CT molecular complexity index is 1280. The van der Waals surface area contributed by atoms with Crippen LogP contribution in [0.5, 0.6) is 11.5 Å². The minimum Gasteiger partial charge on any atom is -0.508 e. The lowest BCUT2D eigenvalue weighted by molar-refractivity contribution is -0.121. The molecular formula is C27H36N6O4. The number of aromatic hydroxyl groups is 2. The third kappa shape index (κ3) is 6.59. The number of fused-ring (bicyclic) bond motifs is 1. The first-order chi connectivity index (χ1) is 17.6. The van der Waals surface area contributed by atoms with Crippen molar-refractivity contribution in [2.75, 3.05) is 18.0 Å². The van der Waals surface area contributed by atoms with Crippen molar-refractivity contribution >= 4 is 34.4 Å². The number of anilines is 1. The number of amides is 3. The van der Waals surface area contributed by atoms with Crippen LogP contribution in [0.4, 0.5) is 10.5 Å². The van der Waals surface area contributed by atoms with Gasteiger partial charge < -0.3 is 31.6 Å². The van der Waals surface area contributed by atoms with Crippen molar-refractivity contribution in [1.29, 1.82) is 5.41 Å². The molecule has 1 heterocycles. The molecule has 0 saturated carbocycles. The number of aromatic nitrogens is 1. The van der Waals surface area contributed by atoms with Crippen molar-refractivity contribution in [2.45, 2.75) is 52.0 Å². The molecule has 37 heavy (non-hydrogen) atoms. The molecule has 0 spiro atoms. The number of phenols is 2. The number of hydrogen-bond donors (Lipinski definition) is 6. The number of amidine groups is 1. The molecule has 0 radical (unpaired) electrons. The Morgan fingerprint density at radius 2 is 1.84 bits per heavy atom. The maximum absolute atomic E-state index is 12.4. The zero-order chi connectivity index (χ0) is 27.1. The van der Waals surface area contributed by atoms with Crippen LogP contribution in [-0.2, 0) is 11.3 Å². The van der Waals surface area contributed by atoms with E-state index in [0.717, 1.165) is 35.1 Å². The van der Waals surface area contributed by atoms with Gasteiger partial charge in [0.1, 0.15) is 17.3 Å². The number of carbonyl (C=O) groups is 2. The highest BCUT2D eigenvalue weighted by atomic mass is 16.3. The SMILES string of the molecule is CC(C)c1cc(C(=N)N(C(N)=O)c2ccc3c(ccn3CCNC(=O)CCCCCN)c2)c(O)cc1O. The van der Waals surface area contributed by atoms with Gasteiger partial charge in [0.2, 0.25) is 5.91 Å². The van der Waals surface area contributed by atoms with Crippen molar-refractivity contribution in [3.8, 4) is 11.5 Å². The van der Waals surface area contributed by atoms with E-state index in [1.54, 1.807) is 12.1 Å². The number of phenolic OH excluding ortho intramolecular Hbond substituents is 2. The first-order valence-electron chi connectivity index (χ1n) is 12.4. The third-order valence-corrected chi connectivity index (χ3v) is 6.26. The lowest BCUT2D eigenvalue weighted by Crippen LogP contribution is -2.41. The van der Waals surface area contributed by atoms with E-state index in [4.69, 9.17) is 16.9 Å². The van der Waals surface area contributed by atoms with Gasteiger partial charge in [-0.2, -0.15) is 0 Å². The highest BCUT2D eigenvalue weighted by Gasteiger charge is 2.24. The summed E-state index contributed by atoms with van der Waals surface area (Å²) in [5.74, 6) is -0.761. The number of nitrogens with zero attached hydrogens (tertiary/aromatic N) is 2. The summed E-state index contributed by atoms with van der Waals surface area (Å²) in [6.45, 7) is 5.45. The molecule has 3 amide bonds. The first kappa shape index (κ1) is 27.5. The molecule has 3 aromatic rings. The molecule has 0 aliphatic heterocycles. The van der Waals surface area contributed by atoms with Crippen molar-refractivity contribution in [1.82, 2.24) is 9.88 Å². The van der Waals surface area contributed by atoms with E-state index >= 15 is 0 Å². The monoisotopic (exact) mass is 508 g/mol. The molecular weight excluding hydrogens is 472 g/mol. The smallest absolute Gasteiger partial charge is 0.325 e. The second kappa shape index (κ2) is 12.3. The van der Waals surface area contributed by atoms with E-state index in [-0.39, 0.29) is 34.7 Å². The Morgan fingerprint density at radius 1 is 1.08 bits per heavy atom. The van der Waals surface area contributed by atoms with Gasteiger partial charge in [-0.1, -0.05) is 20.3 Å². The number of rotatable bonds is 11. The lowest BCUT2D eigenvalue weighted by atomic mass is 9.98. The summed E-state index contributed by atoms with van der Waals surface area (Å²) in [6, 6.07) is 8.90. The van der Waals surface area contributed by atoms with Crippen LogP contribution < -0.4 is 21.7 Å². The van der Waals surface area contributed by atoms with Gasteiger partial charge in [-0.3, -0.25) is 10.2 Å². The molecule has 0 atom stereocenters. The Hall–Kier alpha value is -4.05. The van der Waals surface area contributed by atoms with Gasteiger partial charge >= 0.3 is 6.03 Å². The number of urea groups is 1. The van der Waals surface area contributed by atoms with Crippen LogP contribution >= 0.6 is 0 Å². The van der Waals surface area contributed by atoms with Crippen molar-refractivity contribution in [3.63, 3.8) is 0 Å². The molecule has 0 unspecified atom stereocenters.